The summed E-state index contributed by atoms with van der Waals surface area (Å²) in [6.45, 7) is 8.48. The predicted molar refractivity (Wildman–Crippen MR) is 89.6 cm³/mol. The molecule has 0 aromatic heterocycles. The summed E-state index contributed by atoms with van der Waals surface area (Å²) in [4.78, 5) is 2.63. The van der Waals surface area contributed by atoms with Crippen LogP contribution in [0.5, 0.6) is 0 Å². The lowest BCUT2D eigenvalue weighted by Crippen LogP contribution is -2.53. The van der Waals surface area contributed by atoms with Crippen LogP contribution in [-0.2, 0) is 0 Å². The van der Waals surface area contributed by atoms with E-state index >= 15 is 0 Å². The molecule has 3 fully saturated rings. The van der Waals surface area contributed by atoms with Crippen LogP contribution in [-0.4, -0.2) is 48.7 Å². The van der Waals surface area contributed by atoms with E-state index in [-0.39, 0.29) is 0 Å². The van der Waals surface area contributed by atoms with Crippen LogP contribution in [0, 0.1) is 5.92 Å². The van der Waals surface area contributed by atoms with Gasteiger partial charge in [0.05, 0.1) is 0 Å². The zero-order chi connectivity index (χ0) is 14.7. The van der Waals surface area contributed by atoms with Gasteiger partial charge < -0.3 is 15.5 Å². The number of hydrogen-bond acceptors (Lipinski definition) is 3. The molecule has 21 heavy (non-hydrogen) atoms. The number of piperidine rings is 1. The standard InChI is InChI=1S/C18H35N3/c1-14(2)21-12-9-15(10-13-21)20-18-7-4-3-6-16(18)17-8-5-11-19-17/h14-20H,3-13H2,1-2H3. The minimum absolute atomic E-state index is 0.719. The van der Waals surface area contributed by atoms with Gasteiger partial charge in [-0.1, -0.05) is 12.8 Å². The first-order chi connectivity index (χ1) is 10.2. The number of nitrogens with zero attached hydrogens (tertiary/aromatic N) is 1. The normalized spacial score (nSPS) is 36.4. The number of rotatable bonds is 4. The highest BCUT2D eigenvalue weighted by molar-refractivity contribution is 4.93. The van der Waals surface area contributed by atoms with Crippen LogP contribution in [0.15, 0.2) is 0 Å². The maximum atomic E-state index is 4.08. The van der Waals surface area contributed by atoms with Crippen molar-refractivity contribution in [2.45, 2.75) is 89.4 Å². The molecule has 3 aliphatic rings. The Hall–Kier alpha value is -0.120. The van der Waals surface area contributed by atoms with Crippen molar-refractivity contribution in [1.82, 2.24) is 15.5 Å². The summed E-state index contributed by atoms with van der Waals surface area (Å²) in [6, 6.07) is 3.08. The summed E-state index contributed by atoms with van der Waals surface area (Å²) in [5.41, 5.74) is 0. The smallest absolute Gasteiger partial charge is 0.0113 e. The van der Waals surface area contributed by atoms with E-state index in [0.29, 0.717) is 0 Å². The van der Waals surface area contributed by atoms with Gasteiger partial charge in [-0.2, -0.15) is 0 Å². The van der Waals surface area contributed by atoms with Crippen molar-refractivity contribution in [3.05, 3.63) is 0 Å². The minimum Gasteiger partial charge on any atom is -0.314 e. The van der Waals surface area contributed by atoms with Crippen molar-refractivity contribution >= 4 is 0 Å². The van der Waals surface area contributed by atoms with Gasteiger partial charge in [0.1, 0.15) is 0 Å². The summed E-state index contributed by atoms with van der Waals surface area (Å²) >= 11 is 0. The second-order valence-electron chi connectivity index (χ2n) is 7.83. The average molecular weight is 293 g/mol. The summed E-state index contributed by atoms with van der Waals surface area (Å²) < 4.78 is 0. The van der Waals surface area contributed by atoms with Gasteiger partial charge in [-0.3, -0.25) is 0 Å². The van der Waals surface area contributed by atoms with Crippen LogP contribution in [0.4, 0.5) is 0 Å². The Morgan fingerprint density at radius 3 is 2.38 bits per heavy atom. The first-order valence-electron chi connectivity index (χ1n) is 9.47. The van der Waals surface area contributed by atoms with E-state index < -0.39 is 0 Å². The van der Waals surface area contributed by atoms with Crippen molar-refractivity contribution in [1.29, 1.82) is 0 Å². The molecule has 0 aromatic carbocycles. The lowest BCUT2D eigenvalue weighted by molar-refractivity contribution is 0.135. The summed E-state index contributed by atoms with van der Waals surface area (Å²) in [5, 5.41) is 7.84. The molecule has 0 bridgehead atoms. The lowest BCUT2D eigenvalue weighted by Gasteiger charge is -2.41. The summed E-state index contributed by atoms with van der Waals surface area (Å²) in [5.74, 6) is 0.893. The van der Waals surface area contributed by atoms with Crippen molar-refractivity contribution in [2.75, 3.05) is 19.6 Å². The van der Waals surface area contributed by atoms with E-state index in [0.717, 1.165) is 30.1 Å². The monoisotopic (exact) mass is 293 g/mol. The zero-order valence-corrected chi connectivity index (χ0v) is 14.1. The van der Waals surface area contributed by atoms with Gasteiger partial charge in [0.2, 0.25) is 0 Å². The van der Waals surface area contributed by atoms with E-state index in [1.807, 2.05) is 0 Å². The quantitative estimate of drug-likeness (QED) is 0.834. The molecule has 3 nitrogen and oxygen atoms in total. The van der Waals surface area contributed by atoms with Gasteiger partial charge in [0, 0.05) is 24.2 Å². The number of likely N-dealkylation sites (tertiary alicyclic amines) is 1. The second kappa shape index (κ2) is 7.43. The minimum atomic E-state index is 0.719. The molecule has 3 unspecified atom stereocenters. The fraction of sp³-hybridized carbons (Fsp3) is 1.00. The van der Waals surface area contributed by atoms with Crippen molar-refractivity contribution in [3.8, 4) is 0 Å². The third-order valence-electron chi connectivity index (χ3n) is 6.14. The molecule has 3 rings (SSSR count). The van der Waals surface area contributed by atoms with E-state index in [1.165, 1.54) is 71.0 Å². The summed E-state index contributed by atoms with van der Waals surface area (Å²) in [6.07, 6.45) is 11.2. The molecule has 3 atom stereocenters. The second-order valence-corrected chi connectivity index (χ2v) is 7.83. The van der Waals surface area contributed by atoms with Crippen LogP contribution in [0.25, 0.3) is 0 Å². The molecular formula is C18H35N3. The van der Waals surface area contributed by atoms with E-state index in [1.54, 1.807) is 0 Å². The van der Waals surface area contributed by atoms with Crippen LogP contribution in [0.2, 0.25) is 0 Å². The van der Waals surface area contributed by atoms with Crippen LogP contribution in [0.1, 0.15) is 65.2 Å². The van der Waals surface area contributed by atoms with Gasteiger partial charge in [0.15, 0.2) is 0 Å². The predicted octanol–water partition coefficient (Wildman–Crippen LogP) is 2.76. The van der Waals surface area contributed by atoms with E-state index in [4.69, 9.17) is 0 Å². The van der Waals surface area contributed by atoms with Gasteiger partial charge in [-0.25, -0.2) is 0 Å². The Labute approximate surface area is 131 Å². The SMILES string of the molecule is CC(C)N1CCC(NC2CCCCC2C2CCCN2)CC1. The lowest BCUT2D eigenvalue weighted by atomic mass is 9.78. The third kappa shape index (κ3) is 4.00. The maximum absolute atomic E-state index is 4.08. The topological polar surface area (TPSA) is 27.3 Å². The Morgan fingerprint density at radius 1 is 0.952 bits per heavy atom. The molecule has 3 heteroatoms. The molecule has 0 amide bonds. The maximum Gasteiger partial charge on any atom is 0.0113 e. The molecule has 2 aliphatic heterocycles. The highest BCUT2D eigenvalue weighted by atomic mass is 15.2. The number of nitrogens with one attached hydrogen (secondary N) is 2. The molecule has 1 aliphatic carbocycles. The average Bonchev–Trinajstić information content (AvgIpc) is 3.02. The fourth-order valence-corrected chi connectivity index (χ4v) is 4.81. The molecule has 0 spiro atoms. The third-order valence-corrected chi connectivity index (χ3v) is 6.14. The highest BCUT2D eigenvalue weighted by Gasteiger charge is 2.34. The van der Waals surface area contributed by atoms with Crippen LogP contribution >= 0.6 is 0 Å². The number of hydrogen-bond donors (Lipinski definition) is 2. The molecule has 1 saturated carbocycles. The fourth-order valence-electron chi connectivity index (χ4n) is 4.81. The molecule has 2 saturated heterocycles. The zero-order valence-electron chi connectivity index (χ0n) is 14.1. The highest BCUT2D eigenvalue weighted by Crippen LogP contribution is 2.31. The van der Waals surface area contributed by atoms with Crippen LogP contribution in [0.3, 0.4) is 0 Å². The van der Waals surface area contributed by atoms with Gasteiger partial charge >= 0.3 is 0 Å². The van der Waals surface area contributed by atoms with E-state index in [2.05, 4.69) is 29.4 Å². The molecule has 122 valence electrons. The van der Waals surface area contributed by atoms with Crippen molar-refractivity contribution in [3.63, 3.8) is 0 Å². The van der Waals surface area contributed by atoms with Crippen molar-refractivity contribution in [2.24, 2.45) is 5.92 Å². The molecule has 0 aromatic rings. The molecule has 2 heterocycles. The Kier molecular flexibility index (Phi) is 5.58. The largest absolute Gasteiger partial charge is 0.314 e. The van der Waals surface area contributed by atoms with Gasteiger partial charge in [-0.15, -0.1) is 0 Å². The molecular weight excluding hydrogens is 258 g/mol. The van der Waals surface area contributed by atoms with Crippen LogP contribution < -0.4 is 10.6 Å². The molecule has 2 N–H and O–H groups in total. The summed E-state index contributed by atoms with van der Waals surface area (Å²) in [7, 11) is 0. The van der Waals surface area contributed by atoms with E-state index in [9.17, 15) is 0 Å². The van der Waals surface area contributed by atoms with Gasteiger partial charge in [0.25, 0.3) is 0 Å². The van der Waals surface area contributed by atoms with Crippen molar-refractivity contribution < 1.29 is 0 Å². The molecule has 0 radical (unpaired) electrons. The van der Waals surface area contributed by atoms with Gasteiger partial charge in [-0.05, 0) is 77.9 Å². The Bertz CT molecular complexity index is 304. The Morgan fingerprint density at radius 2 is 1.71 bits per heavy atom. The Balaban J connectivity index is 1.50. The first-order valence-corrected chi connectivity index (χ1v) is 9.47. The first kappa shape index (κ1) is 15.8.